The Balaban J connectivity index is 2.06. The highest BCUT2D eigenvalue weighted by atomic mass is 19.1. The fourth-order valence-electron chi connectivity index (χ4n) is 3.01. The molecule has 2 aromatic carbocycles. The van der Waals surface area contributed by atoms with Crippen LogP contribution in [0.15, 0.2) is 43.0 Å². The summed E-state index contributed by atoms with van der Waals surface area (Å²) in [7, 11) is 0. The molecular weight excluding hydrogens is 265 g/mol. The van der Waals surface area contributed by atoms with Gasteiger partial charge in [-0.25, -0.2) is 4.39 Å². The number of fused-ring (bicyclic) bond motifs is 3. The van der Waals surface area contributed by atoms with Crippen molar-refractivity contribution in [2.24, 2.45) is 0 Å². The molecule has 1 atom stereocenters. The van der Waals surface area contributed by atoms with E-state index in [0.717, 1.165) is 23.0 Å². The van der Waals surface area contributed by atoms with Crippen LogP contribution >= 0.6 is 0 Å². The standard InChI is InChI=1S/C17H18FN3/c1-3-8-20-17(19)21-10-11(2)16-14-6-5-13(18)9-12(14)4-7-15(16)21/h3-7,9,11H,1,8,10H2,2H3,(H2,19,20). The van der Waals surface area contributed by atoms with Gasteiger partial charge in [-0.3, -0.25) is 5.41 Å². The number of guanidine groups is 1. The van der Waals surface area contributed by atoms with E-state index in [1.54, 1.807) is 12.1 Å². The molecule has 1 aliphatic rings. The molecule has 2 N–H and O–H groups in total. The van der Waals surface area contributed by atoms with Crippen LogP contribution in [0, 0.1) is 11.2 Å². The van der Waals surface area contributed by atoms with Crippen LogP contribution in [0.1, 0.15) is 18.4 Å². The molecule has 1 heterocycles. The topological polar surface area (TPSA) is 39.1 Å². The second kappa shape index (κ2) is 5.20. The average molecular weight is 283 g/mol. The lowest BCUT2D eigenvalue weighted by Gasteiger charge is -2.21. The Morgan fingerprint density at radius 3 is 3.05 bits per heavy atom. The van der Waals surface area contributed by atoms with E-state index in [1.165, 1.54) is 11.6 Å². The molecule has 0 saturated heterocycles. The molecule has 1 unspecified atom stereocenters. The summed E-state index contributed by atoms with van der Waals surface area (Å²) >= 11 is 0. The van der Waals surface area contributed by atoms with Gasteiger partial charge < -0.3 is 10.2 Å². The fourth-order valence-corrected chi connectivity index (χ4v) is 3.01. The van der Waals surface area contributed by atoms with Gasteiger partial charge in [-0.05, 0) is 34.5 Å². The minimum Gasteiger partial charge on any atom is -0.353 e. The van der Waals surface area contributed by atoms with E-state index < -0.39 is 0 Å². The van der Waals surface area contributed by atoms with Crippen molar-refractivity contribution in [1.82, 2.24) is 5.32 Å². The summed E-state index contributed by atoms with van der Waals surface area (Å²) in [5.41, 5.74) is 2.22. The van der Waals surface area contributed by atoms with Crippen LogP contribution in [0.2, 0.25) is 0 Å². The monoisotopic (exact) mass is 283 g/mol. The Labute approximate surface area is 123 Å². The smallest absolute Gasteiger partial charge is 0.195 e. The summed E-state index contributed by atoms with van der Waals surface area (Å²) in [5.74, 6) is 0.465. The van der Waals surface area contributed by atoms with Gasteiger partial charge in [0.15, 0.2) is 5.96 Å². The average Bonchev–Trinajstić information content (AvgIpc) is 2.82. The summed E-state index contributed by atoms with van der Waals surface area (Å²) in [6, 6.07) is 8.80. The minimum absolute atomic E-state index is 0.217. The molecule has 0 saturated carbocycles. The van der Waals surface area contributed by atoms with E-state index in [-0.39, 0.29) is 5.82 Å². The van der Waals surface area contributed by atoms with E-state index >= 15 is 0 Å². The van der Waals surface area contributed by atoms with Gasteiger partial charge >= 0.3 is 0 Å². The molecule has 0 fully saturated rings. The maximum absolute atomic E-state index is 13.4. The molecule has 0 aromatic heterocycles. The van der Waals surface area contributed by atoms with Gasteiger partial charge in [0.1, 0.15) is 5.82 Å². The Hall–Kier alpha value is -2.36. The third-order valence-corrected chi connectivity index (χ3v) is 3.92. The zero-order valence-corrected chi connectivity index (χ0v) is 12.0. The molecular formula is C17H18FN3. The van der Waals surface area contributed by atoms with Gasteiger partial charge in [0, 0.05) is 24.7 Å². The van der Waals surface area contributed by atoms with E-state index in [2.05, 4.69) is 18.8 Å². The molecule has 0 bridgehead atoms. The van der Waals surface area contributed by atoms with Crippen LogP contribution in [-0.2, 0) is 0 Å². The van der Waals surface area contributed by atoms with Gasteiger partial charge in [-0.1, -0.05) is 25.1 Å². The van der Waals surface area contributed by atoms with Crippen molar-refractivity contribution in [2.45, 2.75) is 12.8 Å². The number of nitrogens with zero attached hydrogens (tertiary/aromatic N) is 1. The third kappa shape index (κ3) is 2.27. The SMILES string of the molecule is C=CCNC(=N)N1CC(C)c2c1ccc1cc(F)ccc21. The van der Waals surface area contributed by atoms with Gasteiger partial charge in [-0.15, -0.1) is 6.58 Å². The number of hydrogen-bond donors (Lipinski definition) is 2. The summed E-state index contributed by atoms with van der Waals surface area (Å²) in [4.78, 5) is 1.96. The maximum Gasteiger partial charge on any atom is 0.195 e. The van der Waals surface area contributed by atoms with Crippen LogP contribution in [0.25, 0.3) is 10.8 Å². The first-order valence-electron chi connectivity index (χ1n) is 7.05. The van der Waals surface area contributed by atoms with Crippen molar-refractivity contribution in [3.63, 3.8) is 0 Å². The van der Waals surface area contributed by atoms with Gasteiger partial charge in [0.25, 0.3) is 0 Å². The predicted molar refractivity (Wildman–Crippen MR) is 85.6 cm³/mol. The first kappa shape index (κ1) is 13.6. The third-order valence-electron chi connectivity index (χ3n) is 3.92. The van der Waals surface area contributed by atoms with Crippen LogP contribution < -0.4 is 10.2 Å². The minimum atomic E-state index is -0.217. The van der Waals surface area contributed by atoms with E-state index in [0.29, 0.717) is 18.4 Å². The second-order valence-electron chi connectivity index (χ2n) is 5.39. The van der Waals surface area contributed by atoms with Crippen LogP contribution in [0.3, 0.4) is 0 Å². The number of rotatable bonds is 2. The highest BCUT2D eigenvalue weighted by molar-refractivity contribution is 6.01. The van der Waals surface area contributed by atoms with Crippen LogP contribution in [0.5, 0.6) is 0 Å². The van der Waals surface area contributed by atoms with Crippen LogP contribution in [-0.4, -0.2) is 19.0 Å². The summed E-state index contributed by atoms with van der Waals surface area (Å²) in [6.45, 7) is 7.12. The summed E-state index contributed by atoms with van der Waals surface area (Å²) < 4.78 is 13.4. The number of benzene rings is 2. The maximum atomic E-state index is 13.4. The lowest BCUT2D eigenvalue weighted by Crippen LogP contribution is -2.39. The first-order valence-corrected chi connectivity index (χ1v) is 7.05. The number of halogens is 1. The zero-order chi connectivity index (χ0) is 15.0. The van der Waals surface area contributed by atoms with E-state index in [9.17, 15) is 4.39 Å². The van der Waals surface area contributed by atoms with Crippen molar-refractivity contribution < 1.29 is 4.39 Å². The quantitative estimate of drug-likeness (QED) is 0.502. The Kier molecular flexibility index (Phi) is 3.37. The number of hydrogen-bond acceptors (Lipinski definition) is 1. The molecule has 2 aromatic rings. The Morgan fingerprint density at radius 2 is 2.29 bits per heavy atom. The molecule has 3 rings (SSSR count). The van der Waals surface area contributed by atoms with Crippen LogP contribution in [0.4, 0.5) is 10.1 Å². The second-order valence-corrected chi connectivity index (χ2v) is 5.39. The summed E-state index contributed by atoms with van der Waals surface area (Å²) in [5, 5.41) is 13.2. The molecule has 0 aliphatic carbocycles. The molecule has 21 heavy (non-hydrogen) atoms. The highest BCUT2D eigenvalue weighted by Gasteiger charge is 2.29. The lowest BCUT2D eigenvalue weighted by molar-refractivity contribution is 0.629. The van der Waals surface area contributed by atoms with Gasteiger partial charge in [0.05, 0.1) is 0 Å². The van der Waals surface area contributed by atoms with Crippen molar-refractivity contribution in [1.29, 1.82) is 5.41 Å². The van der Waals surface area contributed by atoms with Crippen molar-refractivity contribution in [3.8, 4) is 0 Å². The molecule has 1 aliphatic heterocycles. The molecule has 4 heteroatoms. The molecule has 0 spiro atoms. The van der Waals surface area contributed by atoms with Gasteiger partial charge in [-0.2, -0.15) is 0 Å². The molecule has 0 radical (unpaired) electrons. The fraction of sp³-hybridized carbons (Fsp3) is 0.235. The van der Waals surface area contributed by atoms with Crippen molar-refractivity contribution >= 4 is 22.4 Å². The van der Waals surface area contributed by atoms with Crippen molar-refractivity contribution in [3.05, 3.63) is 54.4 Å². The van der Waals surface area contributed by atoms with Gasteiger partial charge in [0.2, 0.25) is 0 Å². The highest BCUT2D eigenvalue weighted by Crippen LogP contribution is 2.40. The van der Waals surface area contributed by atoms with Crippen molar-refractivity contribution in [2.75, 3.05) is 18.0 Å². The normalized spacial score (nSPS) is 16.9. The first-order chi connectivity index (χ1) is 10.1. The zero-order valence-electron chi connectivity index (χ0n) is 12.0. The van der Waals surface area contributed by atoms with E-state index in [4.69, 9.17) is 5.41 Å². The van der Waals surface area contributed by atoms with E-state index in [1.807, 2.05) is 23.1 Å². The number of nitrogens with one attached hydrogen (secondary N) is 2. The predicted octanol–water partition coefficient (Wildman–Crippen LogP) is 3.61. The molecule has 108 valence electrons. The lowest BCUT2D eigenvalue weighted by atomic mass is 9.96. The summed E-state index contributed by atoms with van der Waals surface area (Å²) in [6.07, 6.45) is 1.73. The molecule has 3 nitrogen and oxygen atoms in total. The Bertz CT molecular complexity index is 723. The largest absolute Gasteiger partial charge is 0.353 e. The Morgan fingerprint density at radius 1 is 1.48 bits per heavy atom. The molecule has 0 amide bonds. The number of anilines is 1.